The summed E-state index contributed by atoms with van der Waals surface area (Å²) in [6.07, 6.45) is 0. The minimum absolute atomic E-state index is 0.466. The standard InChI is InChI=1S/C38H22N4/c39-23-30-36(41-32-18-8-4-14-26(32)27-15-5-9-19-33(27)41)22-37(31(24-40)38(30)25-12-2-1-3-13-25)42-34-20-10-6-16-28(34)29-17-7-11-21-35(29)42/h1-22H. The van der Waals surface area contributed by atoms with Gasteiger partial charge < -0.3 is 9.13 Å². The quantitative estimate of drug-likeness (QED) is 0.227. The summed E-state index contributed by atoms with van der Waals surface area (Å²) < 4.78 is 4.35. The van der Waals surface area contributed by atoms with Crippen molar-refractivity contribution in [1.82, 2.24) is 9.13 Å². The van der Waals surface area contributed by atoms with Gasteiger partial charge in [-0.1, -0.05) is 103 Å². The average molecular weight is 535 g/mol. The predicted molar refractivity (Wildman–Crippen MR) is 170 cm³/mol. The maximum Gasteiger partial charge on any atom is 0.102 e. The van der Waals surface area contributed by atoms with Gasteiger partial charge in [-0.05, 0) is 35.9 Å². The Bertz CT molecular complexity index is 2170. The van der Waals surface area contributed by atoms with Crippen molar-refractivity contribution in [2.75, 3.05) is 0 Å². The molecule has 2 heterocycles. The van der Waals surface area contributed by atoms with Crippen LogP contribution in [0.3, 0.4) is 0 Å². The van der Waals surface area contributed by atoms with E-state index in [-0.39, 0.29) is 0 Å². The smallest absolute Gasteiger partial charge is 0.102 e. The van der Waals surface area contributed by atoms with Gasteiger partial charge in [0.2, 0.25) is 0 Å². The minimum Gasteiger partial charge on any atom is -0.308 e. The molecule has 0 spiro atoms. The molecule has 0 atom stereocenters. The highest BCUT2D eigenvalue weighted by atomic mass is 15.0. The third-order valence-corrected chi connectivity index (χ3v) is 8.21. The second kappa shape index (κ2) is 9.24. The largest absolute Gasteiger partial charge is 0.308 e. The molecular formula is C38H22N4. The van der Waals surface area contributed by atoms with Crippen molar-refractivity contribution in [3.05, 3.63) is 145 Å². The summed E-state index contributed by atoms with van der Waals surface area (Å²) in [6, 6.07) is 50.0. The number of para-hydroxylation sites is 4. The maximum absolute atomic E-state index is 10.8. The molecule has 0 aliphatic rings. The van der Waals surface area contributed by atoms with Crippen molar-refractivity contribution < 1.29 is 0 Å². The summed E-state index contributed by atoms with van der Waals surface area (Å²) in [6.45, 7) is 0. The molecule has 0 unspecified atom stereocenters. The monoisotopic (exact) mass is 534 g/mol. The Morgan fingerprint density at radius 1 is 0.405 bits per heavy atom. The number of nitrogens with zero attached hydrogens (tertiary/aromatic N) is 4. The molecule has 42 heavy (non-hydrogen) atoms. The SMILES string of the molecule is N#Cc1c(-n2c3ccccc3c3ccccc32)cc(-n2c3ccccc3c3ccccc32)c(C#N)c1-c1ccccc1. The summed E-state index contributed by atoms with van der Waals surface area (Å²) >= 11 is 0. The Morgan fingerprint density at radius 3 is 1.10 bits per heavy atom. The molecule has 6 aromatic carbocycles. The molecular weight excluding hydrogens is 512 g/mol. The fraction of sp³-hybridized carbons (Fsp3) is 0. The molecule has 0 saturated carbocycles. The summed E-state index contributed by atoms with van der Waals surface area (Å²) in [5.74, 6) is 0. The number of hydrogen-bond donors (Lipinski definition) is 0. The van der Waals surface area contributed by atoms with Gasteiger partial charge in [0.15, 0.2) is 0 Å². The van der Waals surface area contributed by atoms with Crippen molar-refractivity contribution in [1.29, 1.82) is 10.5 Å². The van der Waals surface area contributed by atoms with Crippen LogP contribution in [0, 0.1) is 22.7 Å². The first-order valence-corrected chi connectivity index (χ1v) is 13.8. The van der Waals surface area contributed by atoms with Crippen molar-refractivity contribution in [3.63, 3.8) is 0 Å². The van der Waals surface area contributed by atoms with Crippen LogP contribution in [0.4, 0.5) is 0 Å². The molecule has 194 valence electrons. The summed E-state index contributed by atoms with van der Waals surface area (Å²) in [5.41, 5.74) is 7.90. The van der Waals surface area contributed by atoms with Gasteiger partial charge >= 0.3 is 0 Å². The van der Waals surface area contributed by atoms with E-state index in [0.717, 1.165) is 60.5 Å². The molecule has 0 aliphatic carbocycles. The Balaban J connectivity index is 1.62. The van der Waals surface area contributed by atoms with Crippen LogP contribution >= 0.6 is 0 Å². The van der Waals surface area contributed by atoms with Crippen LogP contribution in [0.2, 0.25) is 0 Å². The second-order valence-electron chi connectivity index (χ2n) is 10.4. The predicted octanol–water partition coefficient (Wildman–Crippen LogP) is 9.29. The van der Waals surface area contributed by atoms with Gasteiger partial charge in [0.25, 0.3) is 0 Å². The summed E-state index contributed by atoms with van der Waals surface area (Å²) in [7, 11) is 0. The Morgan fingerprint density at radius 2 is 0.738 bits per heavy atom. The normalized spacial score (nSPS) is 11.3. The van der Waals surface area contributed by atoms with E-state index in [0.29, 0.717) is 16.7 Å². The van der Waals surface area contributed by atoms with E-state index in [1.807, 2.05) is 84.9 Å². The van der Waals surface area contributed by atoms with Crippen LogP contribution in [-0.4, -0.2) is 9.13 Å². The molecule has 8 rings (SSSR count). The number of benzene rings is 6. The fourth-order valence-corrected chi connectivity index (χ4v) is 6.49. The molecule has 8 aromatic rings. The van der Waals surface area contributed by atoms with Crippen molar-refractivity contribution in [3.8, 4) is 34.6 Å². The second-order valence-corrected chi connectivity index (χ2v) is 10.4. The Labute approximate surface area is 242 Å². The minimum atomic E-state index is 0.466. The lowest BCUT2D eigenvalue weighted by atomic mass is 9.92. The van der Waals surface area contributed by atoms with E-state index in [2.05, 4.69) is 69.8 Å². The molecule has 0 fully saturated rings. The zero-order chi connectivity index (χ0) is 28.2. The first kappa shape index (κ1) is 23.8. The lowest BCUT2D eigenvalue weighted by molar-refractivity contribution is 1.12. The molecule has 0 N–H and O–H groups in total. The van der Waals surface area contributed by atoms with Crippen LogP contribution in [0.1, 0.15) is 11.1 Å². The highest BCUT2D eigenvalue weighted by Crippen LogP contribution is 2.42. The first-order valence-electron chi connectivity index (χ1n) is 13.8. The Kier molecular flexibility index (Phi) is 5.22. The highest BCUT2D eigenvalue weighted by Gasteiger charge is 2.25. The third kappa shape index (κ3) is 3.27. The maximum atomic E-state index is 10.8. The van der Waals surface area contributed by atoms with Crippen molar-refractivity contribution in [2.45, 2.75) is 0 Å². The third-order valence-electron chi connectivity index (χ3n) is 8.21. The van der Waals surface area contributed by atoms with E-state index < -0.39 is 0 Å². The molecule has 0 aliphatic heterocycles. The lowest BCUT2D eigenvalue weighted by Gasteiger charge is -2.20. The highest BCUT2D eigenvalue weighted by molar-refractivity contribution is 6.11. The lowest BCUT2D eigenvalue weighted by Crippen LogP contribution is -2.07. The zero-order valence-corrected chi connectivity index (χ0v) is 22.5. The van der Waals surface area contributed by atoms with E-state index in [9.17, 15) is 10.5 Å². The summed E-state index contributed by atoms with van der Waals surface area (Å²) in [4.78, 5) is 0. The molecule has 4 nitrogen and oxygen atoms in total. The molecule has 2 aromatic heterocycles. The van der Waals surface area contributed by atoms with E-state index in [1.165, 1.54) is 0 Å². The van der Waals surface area contributed by atoms with Gasteiger partial charge in [-0.15, -0.1) is 0 Å². The first-order chi connectivity index (χ1) is 20.8. The number of nitriles is 2. The van der Waals surface area contributed by atoms with E-state index in [4.69, 9.17) is 0 Å². The number of rotatable bonds is 3. The fourth-order valence-electron chi connectivity index (χ4n) is 6.49. The van der Waals surface area contributed by atoms with Gasteiger partial charge in [-0.25, -0.2) is 0 Å². The molecule has 0 saturated heterocycles. The van der Waals surface area contributed by atoms with E-state index in [1.54, 1.807) is 0 Å². The zero-order valence-electron chi connectivity index (χ0n) is 22.5. The van der Waals surface area contributed by atoms with Gasteiger partial charge in [0.05, 0.1) is 44.6 Å². The van der Waals surface area contributed by atoms with Crippen LogP contribution in [0.15, 0.2) is 133 Å². The molecule has 0 bridgehead atoms. The van der Waals surface area contributed by atoms with Gasteiger partial charge in [0, 0.05) is 27.1 Å². The average Bonchev–Trinajstić information content (AvgIpc) is 3.57. The van der Waals surface area contributed by atoms with Crippen molar-refractivity contribution >= 4 is 43.6 Å². The molecule has 0 amide bonds. The van der Waals surface area contributed by atoms with Crippen LogP contribution in [-0.2, 0) is 0 Å². The van der Waals surface area contributed by atoms with E-state index >= 15 is 0 Å². The number of fused-ring (bicyclic) bond motifs is 6. The summed E-state index contributed by atoms with van der Waals surface area (Å²) in [5, 5.41) is 26.1. The van der Waals surface area contributed by atoms with Gasteiger partial charge in [-0.2, -0.15) is 10.5 Å². The van der Waals surface area contributed by atoms with Crippen LogP contribution in [0.25, 0.3) is 66.1 Å². The number of hydrogen-bond acceptors (Lipinski definition) is 2. The number of aromatic nitrogens is 2. The van der Waals surface area contributed by atoms with Crippen LogP contribution < -0.4 is 0 Å². The topological polar surface area (TPSA) is 57.4 Å². The Hall–Kier alpha value is -6.10. The van der Waals surface area contributed by atoms with Crippen molar-refractivity contribution in [2.24, 2.45) is 0 Å². The van der Waals surface area contributed by atoms with Crippen LogP contribution in [0.5, 0.6) is 0 Å². The van der Waals surface area contributed by atoms with Gasteiger partial charge in [0.1, 0.15) is 12.1 Å². The molecule has 0 radical (unpaired) electrons. The van der Waals surface area contributed by atoms with Gasteiger partial charge in [-0.3, -0.25) is 0 Å². The molecule has 4 heteroatoms.